The predicted octanol–water partition coefficient (Wildman–Crippen LogP) is 4.19. The van der Waals surface area contributed by atoms with Crippen molar-refractivity contribution in [3.05, 3.63) is 59.7 Å². The van der Waals surface area contributed by atoms with Crippen LogP contribution in [0.4, 0.5) is 0 Å². The summed E-state index contributed by atoms with van der Waals surface area (Å²) in [6.07, 6.45) is 5.49. The maximum atomic E-state index is 13.0. The number of fused-ring (bicyclic) bond motifs is 1. The molecule has 144 valence electrons. The number of para-hydroxylation sites is 1. The molecule has 1 fully saturated rings. The molecular formula is C22H27NO3S. The highest BCUT2D eigenvalue weighted by Crippen LogP contribution is 2.40. The van der Waals surface area contributed by atoms with Crippen molar-refractivity contribution in [2.45, 2.75) is 55.9 Å². The molecule has 2 aromatic rings. The van der Waals surface area contributed by atoms with Crippen LogP contribution in [0.25, 0.3) is 0 Å². The summed E-state index contributed by atoms with van der Waals surface area (Å²) in [6.45, 7) is 3.16. The minimum atomic E-state index is -3.43. The van der Waals surface area contributed by atoms with Crippen LogP contribution in [0.1, 0.15) is 43.7 Å². The van der Waals surface area contributed by atoms with E-state index in [-0.39, 0.29) is 5.60 Å². The molecule has 0 aliphatic carbocycles. The van der Waals surface area contributed by atoms with E-state index in [9.17, 15) is 8.42 Å². The van der Waals surface area contributed by atoms with Gasteiger partial charge < -0.3 is 4.74 Å². The van der Waals surface area contributed by atoms with Crippen molar-refractivity contribution >= 4 is 10.0 Å². The second-order valence-electron chi connectivity index (χ2n) is 7.69. The number of ether oxygens (including phenoxy) is 1. The number of hydrogen-bond acceptors (Lipinski definition) is 3. The number of aryl methyl sites for hydroxylation is 2. The molecule has 2 heterocycles. The van der Waals surface area contributed by atoms with Gasteiger partial charge in [0.1, 0.15) is 11.4 Å². The van der Waals surface area contributed by atoms with Crippen molar-refractivity contribution in [1.29, 1.82) is 0 Å². The topological polar surface area (TPSA) is 46.6 Å². The average molecular weight is 386 g/mol. The van der Waals surface area contributed by atoms with Gasteiger partial charge in [0, 0.05) is 25.9 Å². The molecule has 2 aliphatic rings. The molecule has 1 saturated heterocycles. The number of piperidine rings is 1. The van der Waals surface area contributed by atoms with Gasteiger partial charge in [-0.3, -0.25) is 0 Å². The zero-order valence-corrected chi connectivity index (χ0v) is 16.7. The lowest BCUT2D eigenvalue weighted by molar-refractivity contribution is 0.00181. The quantitative estimate of drug-likeness (QED) is 0.793. The molecule has 2 aliphatic heterocycles. The molecule has 0 amide bonds. The summed E-state index contributed by atoms with van der Waals surface area (Å²) in [5.41, 5.74) is 2.22. The van der Waals surface area contributed by atoms with E-state index in [2.05, 4.69) is 13.0 Å². The Labute approximate surface area is 162 Å². The molecule has 4 rings (SSSR count). The normalized spacial score (nSPS) is 19.4. The smallest absolute Gasteiger partial charge is 0.243 e. The van der Waals surface area contributed by atoms with Crippen LogP contribution in [0.15, 0.2) is 53.4 Å². The summed E-state index contributed by atoms with van der Waals surface area (Å²) in [4.78, 5) is 0.396. The fraction of sp³-hybridized carbons (Fsp3) is 0.455. The van der Waals surface area contributed by atoms with Gasteiger partial charge in [-0.1, -0.05) is 43.7 Å². The Hall–Kier alpha value is -1.85. The van der Waals surface area contributed by atoms with Crippen molar-refractivity contribution in [3.8, 4) is 5.75 Å². The Morgan fingerprint density at radius 2 is 1.70 bits per heavy atom. The molecule has 5 heteroatoms. The Bertz CT molecular complexity index is 897. The fourth-order valence-electron chi connectivity index (χ4n) is 4.21. The van der Waals surface area contributed by atoms with Crippen molar-refractivity contribution in [3.63, 3.8) is 0 Å². The minimum absolute atomic E-state index is 0.217. The fourth-order valence-corrected chi connectivity index (χ4v) is 5.65. The highest BCUT2D eigenvalue weighted by atomic mass is 32.2. The van der Waals surface area contributed by atoms with Crippen LogP contribution < -0.4 is 4.74 Å². The lowest BCUT2D eigenvalue weighted by Gasteiger charge is -2.44. The van der Waals surface area contributed by atoms with Crippen molar-refractivity contribution < 1.29 is 13.2 Å². The van der Waals surface area contributed by atoms with E-state index >= 15 is 0 Å². The van der Waals surface area contributed by atoms with E-state index < -0.39 is 10.0 Å². The molecule has 27 heavy (non-hydrogen) atoms. The van der Waals surface area contributed by atoms with Crippen LogP contribution in [-0.4, -0.2) is 31.4 Å². The van der Waals surface area contributed by atoms with E-state index in [0.29, 0.717) is 18.0 Å². The SMILES string of the molecule is CCCc1ccc(S(=O)(=O)N2CCC3(CCc4ccccc4O3)CC2)cc1. The number of sulfonamides is 1. The summed E-state index contributed by atoms with van der Waals surface area (Å²) in [6, 6.07) is 15.5. The second-order valence-corrected chi connectivity index (χ2v) is 9.63. The van der Waals surface area contributed by atoms with Crippen molar-refractivity contribution in [2.75, 3.05) is 13.1 Å². The number of benzene rings is 2. The Kier molecular flexibility index (Phi) is 4.99. The van der Waals surface area contributed by atoms with Gasteiger partial charge in [0.05, 0.1) is 4.90 Å². The lowest BCUT2D eigenvalue weighted by atomic mass is 9.84. The maximum Gasteiger partial charge on any atom is 0.243 e. The van der Waals surface area contributed by atoms with Crippen LogP contribution in [0, 0.1) is 0 Å². The minimum Gasteiger partial charge on any atom is -0.487 e. The average Bonchev–Trinajstić information content (AvgIpc) is 2.69. The first kappa shape index (κ1) is 18.5. The highest BCUT2D eigenvalue weighted by Gasteiger charge is 2.42. The van der Waals surface area contributed by atoms with Gasteiger partial charge >= 0.3 is 0 Å². The summed E-state index contributed by atoms with van der Waals surface area (Å²) in [5.74, 6) is 0.964. The number of hydrogen-bond donors (Lipinski definition) is 0. The lowest BCUT2D eigenvalue weighted by Crippen LogP contribution is -2.51. The van der Waals surface area contributed by atoms with E-state index in [4.69, 9.17) is 4.74 Å². The van der Waals surface area contributed by atoms with Crippen LogP contribution in [0.5, 0.6) is 5.75 Å². The van der Waals surface area contributed by atoms with Crippen LogP contribution in [0.2, 0.25) is 0 Å². The van der Waals surface area contributed by atoms with Crippen LogP contribution >= 0.6 is 0 Å². The first-order valence-corrected chi connectivity index (χ1v) is 11.3. The molecular weight excluding hydrogens is 358 g/mol. The third-order valence-electron chi connectivity index (χ3n) is 5.88. The third-order valence-corrected chi connectivity index (χ3v) is 7.80. The summed E-state index contributed by atoms with van der Waals surface area (Å²) < 4.78 is 34.0. The van der Waals surface area contributed by atoms with Gasteiger partial charge in [-0.05, 0) is 48.6 Å². The van der Waals surface area contributed by atoms with E-state index in [0.717, 1.165) is 44.3 Å². The third kappa shape index (κ3) is 3.63. The predicted molar refractivity (Wildman–Crippen MR) is 107 cm³/mol. The molecule has 4 nitrogen and oxygen atoms in total. The summed E-state index contributed by atoms with van der Waals surface area (Å²) in [5, 5.41) is 0. The Morgan fingerprint density at radius 3 is 2.41 bits per heavy atom. The second kappa shape index (κ2) is 7.28. The van der Waals surface area contributed by atoms with E-state index in [1.807, 2.05) is 30.3 Å². The van der Waals surface area contributed by atoms with Crippen molar-refractivity contribution in [1.82, 2.24) is 4.31 Å². The molecule has 1 spiro atoms. The molecule has 2 aromatic carbocycles. The number of nitrogens with zero attached hydrogens (tertiary/aromatic N) is 1. The molecule has 0 bridgehead atoms. The first-order chi connectivity index (χ1) is 13.0. The van der Waals surface area contributed by atoms with Crippen LogP contribution in [0.3, 0.4) is 0 Å². The molecule has 0 aromatic heterocycles. The Morgan fingerprint density at radius 1 is 1.00 bits per heavy atom. The Balaban J connectivity index is 1.46. The zero-order chi connectivity index (χ0) is 18.9. The summed E-state index contributed by atoms with van der Waals surface area (Å²) in [7, 11) is -3.43. The van der Waals surface area contributed by atoms with Crippen molar-refractivity contribution in [2.24, 2.45) is 0 Å². The standard InChI is InChI=1S/C22H27NO3S/c1-2-5-18-8-10-20(11-9-18)27(24,25)23-16-14-22(15-17-23)13-12-19-6-3-4-7-21(19)26-22/h3-4,6-11H,2,5,12-17H2,1H3. The highest BCUT2D eigenvalue weighted by molar-refractivity contribution is 7.89. The largest absolute Gasteiger partial charge is 0.487 e. The van der Waals surface area contributed by atoms with Gasteiger partial charge in [-0.25, -0.2) is 8.42 Å². The van der Waals surface area contributed by atoms with Gasteiger partial charge in [-0.15, -0.1) is 0 Å². The molecule has 0 radical (unpaired) electrons. The number of rotatable bonds is 4. The molecule has 0 saturated carbocycles. The summed E-state index contributed by atoms with van der Waals surface area (Å²) >= 11 is 0. The molecule has 0 atom stereocenters. The van der Waals surface area contributed by atoms with E-state index in [1.165, 1.54) is 11.1 Å². The van der Waals surface area contributed by atoms with Gasteiger partial charge in [-0.2, -0.15) is 4.31 Å². The maximum absolute atomic E-state index is 13.0. The molecule has 0 unspecified atom stereocenters. The van der Waals surface area contributed by atoms with E-state index in [1.54, 1.807) is 16.4 Å². The van der Waals surface area contributed by atoms with Gasteiger partial charge in [0.25, 0.3) is 0 Å². The van der Waals surface area contributed by atoms with Gasteiger partial charge in [0.2, 0.25) is 10.0 Å². The molecule has 0 N–H and O–H groups in total. The van der Waals surface area contributed by atoms with Gasteiger partial charge in [0.15, 0.2) is 0 Å². The monoisotopic (exact) mass is 385 g/mol. The zero-order valence-electron chi connectivity index (χ0n) is 15.9. The van der Waals surface area contributed by atoms with Crippen LogP contribution in [-0.2, 0) is 22.9 Å². The first-order valence-electron chi connectivity index (χ1n) is 9.88.